The van der Waals surface area contributed by atoms with Crippen LogP contribution >= 0.6 is 11.8 Å². The molecule has 0 atom stereocenters. The molecule has 3 rings (SSSR count). The van der Waals surface area contributed by atoms with E-state index in [0.717, 1.165) is 18.4 Å². The Hall–Kier alpha value is -2.47. The lowest BCUT2D eigenvalue weighted by atomic mass is 10.2. The zero-order valence-electron chi connectivity index (χ0n) is 14.9. The molecule has 26 heavy (non-hydrogen) atoms. The number of rotatable bonds is 6. The molecule has 1 saturated carbocycles. The van der Waals surface area contributed by atoms with Crippen LogP contribution in [0.3, 0.4) is 0 Å². The van der Waals surface area contributed by atoms with Gasteiger partial charge in [-0.05, 0) is 55.0 Å². The van der Waals surface area contributed by atoms with Crippen LogP contribution in [0.15, 0.2) is 53.4 Å². The average molecular weight is 370 g/mol. The zero-order chi connectivity index (χ0) is 18.5. The minimum atomic E-state index is -0.422. The summed E-state index contributed by atoms with van der Waals surface area (Å²) in [6, 6.07) is 15.2. The third-order valence-electron chi connectivity index (χ3n) is 4.30. The van der Waals surface area contributed by atoms with Crippen LogP contribution in [0.5, 0.6) is 0 Å². The third kappa shape index (κ3) is 4.58. The van der Waals surface area contributed by atoms with Crippen molar-refractivity contribution in [3.8, 4) is 0 Å². The van der Waals surface area contributed by atoms with Crippen molar-refractivity contribution >= 4 is 29.4 Å². The molecule has 6 heteroatoms. The van der Waals surface area contributed by atoms with Crippen molar-refractivity contribution < 1.29 is 14.3 Å². The Balaban J connectivity index is 1.70. The quantitative estimate of drug-likeness (QED) is 0.605. The van der Waals surface area contributed by atoms with E-state index >= 15 is 0 Å². The van der Waals surface area contributed by atoms with Crippen molar-refractivity contribution in [3.63, 3.8) is 0 Å². The number of carbonyl (C=O) groups is 2. The van der Waals surface area contributed by atoms with Gasteiger partial charge in [0, 0.05) is 23.2 Å². The van der Waals surface area contributed by atoms with Gasteiger partial charge in [-0.1, -0.05) is 18.2 Å². The Kier molecular flexibility index (Phi) is 5.83. The Morgan fingerprint density at radius 1 is 1.19 bits per heavy atom. The number of thioether (sulfide) groups is 1. The lowest BCUT2D eigenvalue weighted by Gasteiger charge is -2.23. The normalized spacial score (nSPS) is 13.2. The molecule has 2 aromatic carbocycles. The van der Waals surface area contributed by atoms with Gasteiger partial charge in [0.2, 0.25) is 0 Å². The van der Waals surface area contributed by atoms with Crippen molar-refractivity contribution in [2.45, 2.75) is 30.3 Å². The first-order chi connectivity index (χ1) is 12.6. The van der Waals surface area contributed by atoms with Gasteiger partial charge in [0.05, 0.1) is 12.7 Å². The summed E-state index contributed by atoms with van der Waals surface area (Å²) in [5, 5.41) is 2.90. The van der Waals surface area contributed by atoms with E-state index in [1.54, 1.807) is 36.0 Å². The monoisotopic (exact) mass is 370 g/mol. The van der Waals surface area contributed by atoms with Crippen LogP contribution in [0.1, 0.15) is 28.8 Å². The fourth-order valence-electron chi connectivity index (χ4n) is 2.72. The first-order valence-electron chi connectivity index (χ1n) is 8.49. The van der Waals surface area contributed by atoms with E-state index in [0.29, 0.717) is 17.8 Å². The van der Waals surface area contributed by atoms with Crippen LogP contribution in [-0.4, -0.2) is 36.3 Å². The van der Waals surface area contributed by atoms with Gasteiger partial charge in [-0.3, -0.25) is 0 Å². The largest absolute Gasteiger partial charge is 0.465 e. The van der Waals surface area contributed by atoms with Crippen LogP contribution in [0.2, 0.25) is 0 Å². The molecule has 5 nitrogen and oxygen atoms in total. The number of ether oxygens (including phenoxy) is 1. The highest BCUT2D eigenvalue weighted by molar-refractivity contribution is 7.98. The van der Waals surface area contributed by atoms with Crippen LogP contribution in [-0.2, 0) is 11.3 Å². The first kappa shape index (κ1) is 18.3. The molecule has 0 spiro atoms. The molecule has 0 aliphatic heterocycles. The van der Waals surface area contributed by atoms with Gasteiger partial charge in [0.25, 0.3) is 0 Å². The SMILES string of the molecule is COC(=O)c1cccc(NC(=O)N(Cc2ccc(SC)cc2)C2CC2)c1. The highest BCUT2D eigenvalue weighted by atomic mass is 32.2. The number of nitrogens with one attached hydrogen (secondary N) is 1. The second-order valence-electron chi connectivity index (χ2n) is 6.21. The van der Waals surface area contributed by atoms with Crippen molar-refractivity contribution in [2.75, 3.05) is 18.7 Å². The Morgan fingerprint density at radius 2 is 1.92 bits per heavy atom. The van der Waals surface area contributed by atoms with Gasteiger partial charge in [0.15, 0.2) is 0 Å². The smallest absolute Gasteiger partial charge is 0.337 e. The predicted octanol–water partition coefficient (Wildman–Crippen LogP) is 4.39. The summed E-state index contributed by atoms with van der Waals surface area (Å²) in [6.45, 7) is 0.571. The van der Waals surface area contributed by atoms with Crippen molar-refractivity contribution in [3.05, 3.63) is 59.7 Å². The summed E-state index contributed by atoms with van der Waals surface area (Å²) in [5.74, 6) is -0.422. The number of methoxy groups -OCH3 is 1. The topological polar surface area (TPSA) is 58.6 Å². The van der Waals surface area contributed by atoms with E-state index in [-0.39, 0.29) is 12.1 Å². The second-order valence-corrected chi connectivity index (χ2v) is 7.09. The lowest BCUT2D eigenvalue weighted by Crippen LogP contribution is -2.36. The van der Waals surface area contributed by atoms with E-state index in [1.807, 2.05) is 11.2 Å². The lowest BCUT2D eigenvalue weighted by molar-refractivity contribution is 0.0600. The molecule has 0 heterocycles. The molecule has 1 aliphatic rings. The maximum atomic E-state index is 12.8. The summed E-state index contributed by atoms with van der Waals surface area (Å²) in [7, 11) is 1.34. The van der Waals surface area contributed by atoms with E-state index in [4.69, 9.17) is 4.74 Å². The number of hydrogen-bond acceptors (Lipinski definition) is 4. The maximum Gasteiger partial charge on any atom is 0.337 e. The predicted molar refractivity (Wildman–Crippen MR) is 104 cm³/mol. The number of urea groups is 1. The van der Waals surface area contributed by atoms with Crippen LogP contribution < -0.4 is 5.32 Å². The highest BCUT2D eigenvalue weighted by Gasteiger charge is 2.32. The van der Waals surface area contributed by atoms with Gasteiger partial charge in [0.1, 0.15) is 0 Å². The van der Waals surface area contributed by atoms with Crippen LogP contribution in [0.4, 0.5) is 10.5 Å². The number of hydrogen-bond donors (Lipinski definition) is 1. The number of esters is 1. The van der Waals surface area contributed by atoms with Crippen LogP contribution in [0.25, 0.3) is 0 Å². The van der Waals surface area contributed by atoms with E-state index < -0.39 is 5.97 Å². The Bertz CT molecular complexity index is 788. The maximum absolute atomic E-state index is 12.8. The third-order valence-corrected chi connectivity index (χ3v) is 5.04. The summed E-state index contributed by atoms with van der Waals surface area (Å²) in [5.41, 5.74) is 2.10. The first-order valence-corrected chi connectivity index (χ1v) is 9.72. The van der Waals surface area contributed by atoms with Crippen molar-refractivity contribution in [1.82, 2.24) is 4.90 Å². The minimum Gasteiger partial charge on any atom is -0.465 e. The zero-order valence-corrected chi connectivity index (χ0v) is 15.7. The molecular formula is C20H22N2O3S. The summed E-state index contributed by atoms with van der Waals surface area (Å²) < 4.78 is 4.73. The van der Waals surface area contributed by atoms with Crippen molar-refractivity contribution in [2.24, 2.45) is 0 Å². The van der Waals surface area contributed by atoms with Gasteiger partial charge in [-0.15, -0.1) is 11.8 Å². The fraction of sp³-hybridized carbons (Fsp3) is 0.300. The Labute approximate surface area is 157 Å². The summed E-state index contributed by atoms with van der Waals surface area (Å²) >= 11 is 1.70. The number of benzene rings is 2. The highest BCUT2D eigenvalue weighted by Crippen LogP contribution is 2.29. The number of nitrogens with zero attached hydrogens (tertiary/aromatic N) is 1. The van der Waals surface area contributed by atoms with E-state index in [1.165, 1.54) is 12.0 Å². The molecule has 0 aromatic heterocycles. The molecule has 0 unspecified atom stereocenters. The second kappa shape index (κ2) is 8.27. The molecule has 0 saturated heterocycles. The summed E-state index contributed by atoms with van der Waals surface area (Å²) in [6.07, 6.45) is 4.10. The van der Waals surface area contributed by atoms with Gasteiger partial charge >= 0.3 is 12.0 Å². The molecule has 0 radical (unpaired) electrons. The molecule has 136 valence electrons. The molecule has 2 amide bonds. The van der Waals surface area contributed by atoms with E-state index in [9.17, 15) is 9.59 Å². The molecule has 2 aromatic rings. The number of amides is 2. The van der Waals surface area contributed by atoms with Gasteiger partial charge in [-0.2, -0.15) is 0 Å². The van der Waals surface area contributed by atoms with E-state index in [2.05, 4.69) is 29.6 Å². The molecule has 1 aliphatic carbocycles. The summed E-state index contributed by atoms with van der Waals surface area (Å²) in [4.78, 5) is 27.5. The van der Waals surface area contributed by atoms with Crippen LogP contribution in [0, 0.1) is 0 Å². The standard InChI is InChI=1S/C20H22N2O3S/c1-25-19(23)15-4-3-5-16(12-15)21-20(24)22(17-8-9-17)13-14-6-10-18(26-2)11-7-14/h3-7,10-12,17H,8-9,13H2,1-2H3,(H,21,24). The number of carbonyl (C=O) groups excluding carboxylic acids is 2. The van der Waals surface area contributed by atoms with Gasteiger partial charge in [-0.25, -0.2) is 9.59 Å². The van der Waals surface area contributed by atoms with Gasteiger partial charge < -0.3 is 15.0 Å². The number of anilines is 1. The van der Waals surface area contributed by atoms with Crippen molar-refractivity contribution in [1.29, 1.82) is 0 Å². The molecule has 1 fully saturated rings. The molecule has 1 N–H and O–H groups in total. The fourth-order valence-corrected chi connectivity index (χ4v) is 3.13. The molecular weight excluding hydrogens is 348 g/mol. The minimum absolute atomic E-state index is 0.150. The Morgan fingerprint density at radius 3 is 2.54 bits per heavy atom. The average Bonchev–Trinajstić information content (AvgIpc) is 3.51. The molecule has 0 bridgehead atoms.